The number of nitrogens with zero attached hydrogens (tertiary/aromatic N) is 2. The molecule has 0 aliphatic rings. The molecule has 1 aromatic heterocycles. The van der Waals surface area contributed by atoms with Gasteiger partial charge in [0.2, 0.25) is 0 Å². The van der Waals surface area contributed by atoms with Crippen molar-refractivity contribution in [1.82, 2.24) is 9.78 Å². The predicted octanol–water partition coefficient (Wildman–Crippen LogP) is 2.61. The highest BCUT2D eigenvalue weighted by Gasteiger charge is 2.07. The van der Waals surface area contributed by atoms with Gasteiger partial charge in [0, 0.05) is 49.2 Å². The van der Waals surface area contributed by atoms with Crippen molar-refractivity contribution >= 4 is 5.69 Å². The van der Waals surface area contributed by atoms with Gasteiger partial charge in [-0.1, -0.05) is 6.92 Å². The number of hydrogen-bond donors (Lipinski definition) is 1. The predicted molar refractivity (Wildman–Crippen MR) is 79.5 cm³/mol. The Morgan fingerprint density at radius 1 is 1.15 bits per heavy atom. The van der Waals surface area contributed by atoms with E-state index in [1.807, 2.05) is 36.1 Å². The first kappa shape index (κ1) is 14.2. The fourth-order valence-electron chi connectivity index (χ4n) is 2.14. The lowest BCUT2D eigenvalue weighted by Gasteiger charge is -2.10. The average molecular weight is 275 g/mol. The van der Waals surface area contributed by atoms with Gasteiger partial charge in [-0.2, -0.15) is 5.10 Å². The summed E-state index contributed by atoms with van der Waals surface area (Å²) in [6.45, 7) is 2.84. The zero-order valence-corrected chi connectivity index (χ0v) is 12.4. The summed E-state index contributed by atoms with van der Waals surface area (Å²) in [4.78, 5) is 0. The van der Waals surface area contributed by atoms with Crippen LogP contribution in [0.5, 0.6) is 11.5 Å². The zero-order valence-electron chi connectivity index (χ0n) is 12.4. The van der Waals surface area contributed by atoms with E-state index in [-0.39, 0.29) is 0 Å². The molecule has 1 heterocycles. The SMILES string of the molecule is CCc1nn(C)cc1CNc1cc(OC)cc(OC)c1. The van der Waals surface area contributed by atoms with E-state index in [0.717, 1.165) is 35.8 Å². The maximum absolute atomic E-state index is 5.26. The van der Waals surface area contributed by atoms with Crippen molar-refractivity contribution in [2.45, 2.75) is 19.9 Å². The zero-order chi connectivity index (χ0) is 14.5. The summed E-state index contributed by atoms with van der Waals surface area (Å²) in [7, 11) is 5.24. The van der Waals surface area contributed by atoms with Crippen LogP contribution in [0.2, 0.25) is 0 Å². The summed E-state index contributed by atoms with van der Waals surface area (Å²) in [6.07, 6.45) is 2.97. The third-order valence-electron chi connectivity index (χ3n) is 3.16. The van der Waals surface area contributed by atoms with E-state index in [1.165, 1.54) is 5.56 Å². The molecule has 0 spiro atoms. The van der Waals surface area contributed by atoms with Gasteiger partial charge in [0.1, 0.15) is 11.5 Å². The molecule has 5 nitrogen and oxygen atoms in total. The van der Waals surface area contributed by atoms with E-state index in [9.17, 15) is 0 Å². The molecule has 0 aliphatic heterocycles. The first-order chi connectivity index (χ1) is 9.66. The first-order valence-electron chi connectivity index (χ1n) is 6.64. The molecule has 108 valence electrons. The van der Waals surface area contributed by atoms with Crippen LogP contribution in [0.4, 0.5) is 5.69 Å². The van der Waals surface area contributed by atoms with Crippen LogP contribution in [-0.4, -0.2) is 24.0 Å². The molecule has 2 rings (SSSR count). The number of nitrogens with one attached hydrogen (secondary N) is 1. The van der Waals surface area contributed by atoms with Crippen molar-refractivity contribution in [3.63, 3.8) is 0 Å². The Labute approximate surface area is 119 Å². The monoisotopic (exact) mass is 275 g/mol. The summed E-state index contributed by atoms with van der Waals surface area (Å²) in [6, 6.07) is 5.75. The second kappa shape index (κ2) is 6.32. The highest BCUT2D eigenvalue weighted by molar-refractivity contribution is 5.54. The number of aromatic nitrogens is 2. The van der Waals surface area contributed by atoms with Crippen molar-refractivity contribution < 1.29 is 9.47 Å². The van der Waals surface area contributed by atoms with Crippen molar-refractivity contribution in [1.29, 1.82) is 0 Å². The molecule has 0 bridgehead atoms. The highest BCUT2D eigenvalue weighted by Crippen LogP contribution is 2.26. The van der Waals surface area contributed by atoms with Gasteiger partial charge in [0.15, 0.2) is 0 Å². The molecule has 0 saturated heterocycles. The third-order valence-corrected chi connectivity index (χ3v) is 3.16. The molecule has 5 heteroatoms. The topological polar surface area (TPSA) is 48.3 Å². The van der Waals surface area contributed by atoms with E-state index < -0.39 is 0 Å². The number of hydrogen-bond acceptors (Lipinski definition) is 4. The molecule has 0 atom stereocenters. The van der Waals surface area contributed by atoms with Gasteiger partial charge in [-0.15, -0.1) is 0 Å². The Morgan fingerprint density at radius 2 is 1.80 bits per heavy atom. The molecule has 0 saturated carbocycles. The van der Waals surface area contributed by atoms with Crippen LogP contribution in [0.25, 0.3) is 0 Å². The van der Waals surface area contributed by atoms with E-state index in [1.54, 1.807) is 14.2 Å². The van der Waals surface area contributed by atoms with Gasteiger partial charge in [0.25, 0.3) is 0 Å². The number of methoxy groups -OCH3 is 2. The molecule has 1 N–H and O–H groups in total. The molecular formula is C15H21N3O2. The molecule has 1 aromatic carbocycles. The summed E-state index contributed by atoms with van der Waals surface area (Å²) in [5, 5.41) is 7.82. The Bertz CT molecular complexity index is 556. The minimum Gasteiger partial charge on any atom is -0.497 e. The van der Waals surface area contributed by atoms with Crippen LogP contribution in [0, 0.1) is 0 Å². The molecule has 0 aliphatic carbocycles. The quantitative estimate of drug-likeness (QED) is 0.880. The summed E-state index contributed by atoms with van der Waals surface area (Å²) < 4.78 is 12.4. The average Bonchev–Trinajstić information content (AvgIpc) is 2.84. The van der Waals surface area contributed by atoms with Crippen molar-refractivity contribution in [2.24, 2.45) is 7.05 Å². The van der Waals surface area contributed by atoms with Crippen LogP contribution in [0.3, 0.4) is 0 Å². The first-order valence-corrected chi connectivity index (χ1v) is 6.64. The maximum atomic E-state index is 5.26. The number of anilines is 1. The molecule has 0 amide bonds. The highest BCUT2D eigenvalue weighted by atomic mass is 16.5. The van der Waals surface area contributed by atoms with Crippen LogP contribution >= 0.6 is 0 Å². The van der Waals surface area contributed by atoms with Gasteiger partial charge in [-0.25, -0.2) is 0 Å². The lowest BCUT2D eigenvalue weighted by Crippen LogP contribution is -2.01. The van der Waals surface area contributed by atoms with Crippen molar-refractivity contribution in [3.05, 3.63) is 35.7 Å². The van der Waals surface area contributed by atoms with Crippen LogP contribution in [0.15, 0.2) is 24.4 Å². The van der Waals surface area contributed by atoms with E-state index in [4.69, 9.17) is 9.47 Å². The Kier molecular flexibility index (Phi) is 4.50. The van der Waals surface area contributed by atoms with Gasteiger partial charge < -0.3 is 14.8 Å². The Morgan fingerprint density at radius 3 is 2.35 bits per heavy atom. The number of aryl methyl sites for hydroxylation is 2. The molecule has 0 unspecified atom stereocenters. The van der Waals surface area contributed by atoms with Crippen molar-refractivity contribution in [2.75, 3.05) is 19.5 Å². The lowest BCUT2D eigenvalue weighted by molar-refractivity contribution is 0.394. The van der Waals surface area contributed by atoms with Crippen LogP contribution in [-0.2, 0) is 20.0 Å². The summed E-state index contributed by atoms with van der Waals surface area (Å²) in [5.74, 6) is 1.54. The largest absolute Gasteiger partial charge is 0.497 e. The number of ether oxygens (including phenoxy) is 2. The normalized spacial score (nSPS) is 10.4. The fourth-order valence-corrected chi connectivity index (χ4v) is 2.14. The number of rotatable bonds is 6. The van der Waals surface area contributed by atoms with Crippen LogP contribution < -0.4 is 14.8 Å². The van der Waals surface area contributed by atoms with Gasteiger partial charge in [0.05, 0.1) is 19.9 Å². The molecule has 0 fully saturated rings. The van der Waals surface area contributed by atoms with E-state index in [0.29, 0.717) is 0 Å². The minimum absolute atomic E-state index is 0.729. The van der Waals surface area contributed by atoms with Crippen molar-refractivity contribution in [3.8, 4) is 11.5 Å². The molecule has 0 radical (unpaired) electrons. The van der Waals surface area contributed by atoms with E-state index in [2.05, 4.69) is 17.3 Å². The smallest absolute Gasteiger partial charge is 0.124 e. The van der Waals surface area contributed by atoms with Gasteiger partial charge in [-0.3, -0.25) is 4.68 Å². The fraction of sp³-hybridized carbons (Fsp3) is 0.400. The van der Waals surface area contributed by atoms with E-state index >= 15 is 0 Å². The van der Waals surface area contributed by atoms with Gasteiger partial charge >= 0.3 is 0 Å². The lowest BCUT2D eigenvalue weighted by atomic mass is 10.2. The Balaban J connectivity index is 2.13. The second-order valence-electron chi connectivity index (χ2n) is 4.58. The molecular weight excluding hydrogens is 254 g/mol. The molecule has 2 aromatic rings. The second-order valence-corrected chi connectivity index (χ2v) is 4.58. The standard InChI is InChI=1S/C15H21N3O2/c1-5-15-11(10-18(2)17-15)9-16-12-6-13(19-3)8-14(7-12)20-4/h6-8,10,16H,5,9H2,1-4H3. The van der Waals surface area contributed by atoms with Gasteiger partial charge in [-0.05, 0) is 6.42 Å². The van der Waals surface area contributed by atoms with Crippen LogP contribution in [0.1, 0.15) is 18.2 Å². The number of benzene rings is 1. The Hall–Kier alpha value is -2.17. The molecule has 20 heavy (non-hydrogen) atoms. The summed E-state index contributed by atoms with van der Waals surface area (Å²) >= 11 is 0. The summed E-state index contributed by atoms with van der Waals surface area (Å²) in [5.41, 5.74) is 3.29. The minimum atomic E-state index is 0.729. The third kappa shape index (κ3) is 3.23. The maximum Gasteiger partial charge on any atom is 0.124 e.